The van der Waals surface area contributed by atoms with Crippen molar-refractivity contribution in [1.29, 1.82) is 0 Å². The van der Waals surface area contributed by atoms with Crippen LogP contribution >= 0.6 is 15.8 Å². The Kier molecular flexibility index (Phi) is 9.78. The molecule has 1 aromatic carbocycles. The summed E-state index contributed by atoms with van der Waals surface area (Å²) in [5, 5.41) is 0. The molecule has 1 nitrogen and oxygen atoms in total. The van der Waals surface area contributed by atoms with Gasteiger partial charge < -0.3 is 4.74 Å². The van der Waals surface area contributed by atoms with Crippen LogP contribution in [0.4, 0.5) is 0 Å². The fourth-order valence-corrected chi connectivity index (χ4v) is 9.89. The van der Waals surface area contributed by atoms with Crippen LogP contribution in [-0.4, -0.2) is 29.7 Å². The average molecular weight is 411 g/mol. The van der Waals surface area contributed by atoms with Crippen LogP contribution in [0, 0.1) is 20.8 Å². The van der Waals surface area contributed by atoms with Crippen molar-refractivity contribution in [1.82, 2.24) is 0 Å². The van der Waals surface area contributed by atoms with Crippen LogP contribution in [0.25, 0.3) is 0 Å². The monoisotopic (exact) mass is 410 g/mol. The lowest BCUT2D eigenvalue weighted by molar-refractivity contribution is 0.407. The van der Waals surface area contributed by atoms with E-state index in [2.05, 4.69) is 76.2 Å². The molecule has 27 heavy (non-hydrogen) atoms. The lowest BCUT2D eigenvalue weighted by atomic mass is 9.94. The molecule has 0 radical (unpaired) electrons. The molecule has 0 N–H and O–H groups in total. The molecule has 0 aliphatic heterocycles. The van der Waals surface area contributed by atoms with E-state index in [-0.39, 0.29) is 15.8 Å². The summed E-state index contributed by atoms with van der Waals surface area (Å²) in [5.74, 6) is 1.13. The lowest BCUT2D eigenvalue weighted by Gasteiger charge is -2.31. The Labute approximate surface area is 172 Å². The van der Waals surface area contributed by atoms with E-state index >= 15 is 0 Å². The van der Waals surface area contributed by atoms with Crippen molar-refractivity contribution < 1.29 is 4.74 Å². The minimum atomic E-state index is -0.0223. The van der Waals surface area contributed by atoms with E-state index in [1.54, 1.807) is 16.7 Å². The summed E-state index contributed by atoms with van der Waals surface area (Å²) in [4.78, 5) is 0. The Hall–Kier alpha value is -0.120. The van der Waals surface area contributed by atoms with E-state index in [1.807, 2.05) is 7.11 Å². The summed E-state index contributed by atoms with van der Waals surface area (Å²) >= 11 is 0. The van der Waals surface area contributed by atoms with Gasteiger partial charge in [-0.25, -0.2) is 0 Å². The van der Waals surface area contributed by atoms with E-state index < -0.39 is 0 Å². The first-order chi connectivity index (χ1) is 12.4. The molecule has 1 aromatic rings. The highest BCUT2D eigenvalue weighted by atomic mass is 31.1. The lowest BCUT2D eigenvalue weighted by Crippen LogP contribution is -2.12. The fourth-order valence-electron chi connectivity index (χ4n) is 4.37. The Morgan fingerprint density at radius 3 is 1.11 bits per heavy atom. The third-order valence-corrected chi connectivity index (χ3v) is 12.7. The number of benzene rings is 1. The van der Waals surface area contributed by atoms with E-state index in [1.165, 1.54) is 23.5 Å². The van der Waals surface area contributed by atoms with E-state index in [0.717, 1.165) is 28.4 Å². The predicted octanol–water partition coefficient (Wildman–Crippen LogP) is 8.22. The quantitative estimate of drug-likeness (QED) is 0.373. The van der Waals surface area contributed by atoms with E-state index in [9.17, 15) is 0 Å². The van der Waals surface area contributed by atoms with Crippen LogP contribution < -0.4 is 4.74 Å². The molecule has 0 fully saturated rings. The highest BCUT2D eigenvalue weighted by molar-refractivity contribution is 7.58. The minimum Gasteiger partial charge on any atom is -0.496 e. The van der Waals surface area contributed by atoms with E-state index in [0.29, 0.717) is 0 Å². The molecule has 0 unspecified atom stereocenters. The van der Waals surface area contributed by atoms with Gasteiger partial charge in [-0.15, -0.1) is 0 Å². The van der Waals surface area contributed by atoms with Crippen molar-refractivity contribution in [2.45, 2.75) is 111 Å². The van der Waals surface area contributed by atoms with Crippen molar-refractivity contribution >= 4 is 15.8 Å². The van der Waals surface area contributed by atoms with Gasteiger partial charge in [-0.05, 0) is 83.5 Å². The fraction of sp³-hybridized carbons (Fsp3) is 0.750. The third kappa shape index (κ3) is 5.93. The first-order valence-electron chi connectivity index (χ1n) is 10.6. The standard InChI is InChI=1S/C24H44OP2/c1-15(2)26(16(3)4)13-22-19(9)23(14-27(17(5)6)18(7)8)21(11)24(25-12)20(22)10/h15-18H,13-14H2,1-12H3. The Morgan fingerprint density at radius 1 is 0.593 bits per heavy atom. The summed E-state index contributed by atoms with van der Waals surface area (Å²) < 4.78 is 5.93. The van der Waals surface area contributed by atoms with Crippen molar-refractivity contribution in [3.8, 4) is 5.75 Å². The molecule has 0 aliphatic carbocycles. The number of methoxy groups -OCH3 is 1. The summed E-state index contributed by atoms with van der Waals surface area (Å²) in [6, 6.07) is 0. The zero-order valence-electron chi connectivity index (χ0n) is 20.0. The molecular weight excluding hydrogens is 366 g/mol. The van der Waals surface area contributed by atoms with Gasteiger partial charge in [0.15, 0.2) is 0 Å². The van der Waals surface area contributed by atoms with Crippen LogP contribution in [-0.2, 0) is 12.3 Å². The summed E-state index contributed by atoms with van der Waals surface area (Å²) in [6.45, 7) is 26.2. The molecule has 0 heterocycles. The maximum atomic E-state index is 5.93. The molecule has 0 amide bonds. The van der Waals surface area contributed by atoms with Crippen LogP contribution in [0.1, 0.15) is 83.2 Å². The summed E-state index contributed by atoms with van der Waals surface area (Å²) in [6.07, 6.45) is 2.46. The molecule has 1 rings (SSSR count). The number of hydrogen-bond donors (Lipinski definition) is 0. The van der Waals surface area contributed by atoms with Gasteiger partial charge in [0, 0.05) is 0 Å². The number of rotatable bonds is 9. The van der Waals surface area contributed by atoms with Crippen LogP contribution in [0.5, 0.6) is 5.75 Å². The normalized spacial score (nSPS) is 12.5. The average Bonchev–Trinajstić information content (AvgIpc) is 2.53. The van der Waals surface area contributed by atoms with Gasteiger partial charge in [0.2, 0.25) is 0 Å². The number of ether oxygens (including phenoxy) is 1. The second-order valence-electron chi connectivity index (χ2n) is 9.09. The van der Waals surface area contributed by atoms with Gasteiger partial charge in [-0.3, -0.25) is 0 Å². The zero-order chi connectivity index (χ0) is 21.0. The van der Waals surface area contributed by atoms with Crippen LogP contribution in [0.15, 0.2) is 0 Å². The summed E-state index contributed by atoms with van der Waals surface area (Å²) in [7, 11) is 1.80. The van der Waals surface area contributed by atoms with Crippen LogP contribution in [0.2, 0.25) is 0 Å². The molecular formula is C24H44OP2. The smallest absolute Gasteiger partial charge is 0.125 e. The van der Waals surface area contributed by atoms with E-state index in [4.69, 9.17) is 4.74 Å². The Morgan fingerprint density at radius 2 is 0.889 bits per heavy atom. The molecule has 0 bridgehead atoms. The first kappa shape index (κ1) is 24.9. The number of hydrogen-bond acceptors (Lipinski definition) is 1. The molecule has 0 aliphatic rings. The van der Waals surface area contributed by atoms with Crippen LogP contribution in [0.3, 0.4) is 0 Å². The molecule has 156 valence electrons. The maximum Gasteiger partial charge on any atom is 0.125 e. The topological polar surface area (TPSA) is 9.23 Å². The van der Waals surface area contributed by atoms with Crippen molar-refractivity contribution in [3.05, 3.63) is 27.8 Å². The molecule has 0 atom stereocenters. The second-order valence-corrected chi connectivity index (χ2v) is 15.9. The highest BCUT2D eigenvalue weighted by Crippen LogP contribution is 2.54. The zero-order valence-corrected chi connectivity index (χ0v) is 21.8. The SMILES string of the molecule is COc1c(C)c(CP(C(C)C)C(C)C)c(C)c(CP(C(C)C)C(C)C)c1C. The van der Waals surface area contributed by atoms with Crippen molar-refractivity contribution in [3.63, 3.8) is 0 Å². The summed E-state index contributed by atoms with van der Waals surface area (Å²) in [5.41, 5.74) is 10.5. The van der Waals surface area contributed by atoms with Gasteiger partial charge in [-0.2, -0.15) is 0 Å². The van der Waals surface area contributed by atoms with Crippen molar-refractivity contribution in [2.24, 2.45) is 0 Å². The highest BCUT2D eigenvalue weighted by Gasteiger charge is 2.26. The van der Waals surface area contributed by atoms with Gasteiger partial charge in [0.1, 0.15) is 5.75 Å². The first-order valence-corrected chi connectivity index (χ1v) is 13.9. The minimum absolute atomic E-state index is 0.0223. The predicted molar refractivity (Wildman–Crippen MR) is 129 cm³/mol. The third-order valence-electron chi connectivity index (χ3n) is 6.03. The van der Waals surface area contributed by atoms with Crippen molar-refractivity contribution in [2.75, 3.05) is 7.11 Å². The van der Waals surface area contributed by atoms with Gasteiger partial charge in [0.25, 0.3) is 0 Å². The second kappa shape index (κ2) is 10.6. The molecule has 0 spiro atoms. The molecule has 0 saturated heterocycles. The van der Waals surface area contributed by atoms with Gasteiger partial charge in [0.05, 0.1) is 7.11 Å². The molecule has 0 aromatic heterocycles. The Balaban J connectivity index is 3.53. The van der Waals surface area contributed by atoms with Gasteiger partial charge >= 0.3 is 0 Å². The van der Waals surface area contributed by atoms with Gasteiger partial charge in [-0.1, -0.05) is 71.2 Å². The largest absolute Gasteiger partial charge is 0.496 e. The molecule has 0 saturated carbocycles. The Bertz CT molecular complexity index is 552. The maximum absolute atomic E-state index is 5.93. The molecule has 3 heteroatoms.